The molecule has 0 aliphatic heterocycles. The van der Waals surface area contributed by atoms with Crippen molar-refractivity contribution in [2.24, 2.45) is 0 Å². The third-order valence-corrected chi connectivity index (χ3v) is 1.46. The van der Waals surface area contributed by atoms with Crippen LogP contribution in [0.2, 0.25) is 0 Å². The quantitative estimate of drug-likeness (QED) is 0.586. The van der Waals surface area contributed by atoms with Crippen LogP contribution in [0.15, 0.2) is 0 Å². The molecule has 0 aromatic carbocycles. The van der Waals surface area contributed by atoms with E-state index in [1.165, 1.54) is 0 Å². The second-order valence-corrected chi connectivity index (χ2v) is 3.25. The van der Waals surface area contributed by atoms with Gasteiger partial charge in [0, 0.05) is 19.7 Å². The molecule has 0 radical (unpaired) electrons. The predicted octanol–water partition coefficient (Wildman–Crippen LogP) is 1.04. The van der Waals surface area contributed by atoms with Crippen molar-refractivity contribution in [3.8, 4) is 0 Å². The van der Waals surface area contributed by atoms with Crippen LogP contribution in [0.3, 0.4) is 0 Å². The minimum Gasteiger partial charge on any atom is -0.382 e. The molecule has 0 fully saturated rings. The molecule has 12 heavy (non-hydrogen) atoms. The zero-order chi connectivity index (χ0) is 9.40. The number of rotatable bonds is 7. The highest BCUT2D eigenvalue weighted by Crippen LogP contribution is 1.89. The smallest absolute Gasteiger partial charge is 0.0780 e. The summed E-state index contributed by atoms with van der Waals surface area (Å²) in [7, 11) is 1.69. The predicted molar refractivity (Wildman–Crippen MR) is 50.4 cm³/mol. The van der Waals surface area contributed by atoms with Crippen molar-refractivity contribution in [2.75, 3.05) is 26.9 Å². The number of ether oxygens (including phenoxy) is 2. The minimum absolute atomic E-state index is 0.198. The molecule has 0 spiro atoms. The number of hydrogen-bond donors (Lipinski definition) is 1. The normalized spacial score (nSPS) is 13.8. The van der Waals surface area contributed by atoms with Gasteiger partial charge in [-0.1, -0.05) is 13.8 Å². The lowest BCUT2D eigenvalue weighted by atomic mass is 10.4. The molecular formula is C9H21NO2. The Balaban J connectivity index is 3.08. The molecule has 74 valence electrons. The topological polar surface area (TPSA) is 30.5 Å². The lowest BCUT2D eigenvalue weighted by molar-refractivity contribution is 0.0103. The van der Waals surface area contributed by atoms with Crippen LogP contribution in [-0.4, -0.2) is 39.0 Å². The molecule has 0 rings (SSSR count). The fourth-order valence-corrected chi connectivity index (χ4v) is 0.891. The van der Waals surface area contributed by atoms with E-state index in [1.54, 1.807) is 7.11 Å². The maximum Gasteiger partial charge on any atom is 0.0780 e. The Labute approximate surface area is 75.4 Å². The fraction of sp³-hybridized carbons (Fsp3) is 1.00. The van der Waals surface area contributed by atoms with Gasteiger partial charge in [0.15, 0.2) is 0 Å². The highest BCUT2D eigenvalue weighted by atomic mass is 16.5. The van der Waals surface area contributed by atoms with Gasteiger partial charge in [-0.15, -0.1) is 0 Å². The maximum absolute atomic E-state index is 5.45. The third kappa shape index (κ3) is 7.98. The van der Waals surface area contributed by atoms with E-state index in [4.69, 9.17) is 9.47 Å². The van der Waals surface area contributed by atoms with Crippen LogP contribution in [0.4, 0.5) is 0 Å². The van der Waals surface area contributed by atoms with E-state index in [-0.39, 0.29) is 6.10 Å². The molecule has 0 aliphatic rings. The number of methoxy groups -OCH3 is 1. The molecule has 3 heteroatoms. The fourth-order valence-electron chi connectivity index (χ4n) is 0.891. The van der Waals surface area contributed by atoms with Crippen molar-refractivity contribution in [1.29, 1.82) is 0 Å². The van der Waals surface area contributed by atoms with Crippen molar-refractivity contribution in [2.45, 2.75) is 32.9 Å². The third-order valence-electron chi connectivity index (χ3n) is 1.46. The summed E-state index contributed by atoms with van der Waals surface area (Å²) in [5, 5.41) is 3.28. The molecular weight excluding hydrogens is 154 g/mol. The molecule has 0 heterocycles. The zero-order valence-corrected chi connectivity index (χ0v) is 8.59. The van der Waals surface area contributed by atoms with Crippen molar-refractivity contribution in [1.82, 2.24) is 5.32 Å². The second kappa shape index (κ2) is 7.53. The van der Waals surface area contributed by atoms with Gasteiger partial charge in [-0.25, -0.2) is 0 Å². The van der Waals surface area contributed by atoms with Crippen molar-refractivity contribution in [3.05, 3.63) is 0 Å². The van der Waals surface area contributed by atoms with Crippen LogP contribution in [0.5, 0.6) is 0 Å². The summed E-state index contributed by atoms with van der Waals surface area (Å²) in [5.74, 6) is 0. The Morgan fingerprint density at radius 1 is 1.25 bits per heavy atom. The Morgan fingerprint density at radius 2 is 1.92 bits per heavy atom. The van der Waals surface area contributed by atoms with Gasteiger partial charge in [0.05, 0.1) is 19.3 Å². The van der Waals surface area contributed by atoms with Crippen molar-refractivity contribution in [3.63, 3.8) is 0 Å². The number of hydrogen-bond acceptors (Lipinski definition) is 3. The Bertz CT molecular complexity index is 96.5. The molecule has 0 aromatic rings. The minimum atomic E-state index is 0.198. The average molecular weight is 175 g/mol. The van der Waals surface area contributed by atoms with Crippen LogP contribution in [0, 0.1) is 0 Å². The van der Waals surface area contributed by atoms with Crippen LogP contribution >= 0.6 is 0 Å². The highest BCUT2D eigenvalue weighted by Gasteiger charge is 1.99. The first-order valence-corrected chi connectivity index (χ1v) is 4.50. The van der Waals surface area contributed by atoms with E-state index >= 15 is 0 Å². The van der Waals surface area contributed by atoms with Gasteiger partial charge in [-0.3, -0.25) is 0 Å². The van der Waals surface area contributed by atoms with Gasteiger partial charge in [0.1, 0.15) is 0 Å². The summed E-state index contributed by atoms with van der Waals surface area (Å²) >= 11 is 0. The Kier molecular flexibility index (Phi) is 7.45. The van der Waals surface area contributed by atoms with Crippen LogP contribution in [-0.2, 0) is 9.47 Å². The Morgan fingerprint density at radius 3 is 2.42 bits per heavy atom. The first kappa shape index (κ1) is 11.9. The van der Waals surface area contributed by atoms with Crippen LogP contribution < -0.4 is 5.32 Å². The average Bonchev–Trinajstić information content (AvgIpc) is 1.98. The first-order valence-electron chi connectivity index (χ1n) is 4.50. The van der Waals surface area contributed by atoms with Gasteiger partial charge < -0.3 is 14.8 Å². The van der Waals surface area contributed by atoms with Gasteiger partial charge >= 0.3 is 0 Å². The van der Waals surface area contributed by atoms with Gasteiger partial charge in [-0.2, -0.15) is 0 Å². The van der Waals surface area contributed by atoms with E-state index in [0.29, 0.717) is 12.6 Å². The summed E-state index contributed by atoms with van der Waals surface area (Å²) in [4.78, 5) is 0. The summed E-state index contributed by atoms with van der Waals surface area (Å²) in [6.07, 6.45) is 0.198. The lowest BCUT2D eigenvalue weighted by Gasteiger charge is -2.13. The molecule has 1 unspecified atom stereocenters. The van der Waals surface area contributed by atoms with E-state index in [1.807, 2.05) is 6.92 Å². The summed E-state index contributed by atoms with van der Waals surface area (Å²) in [5.41, 5.74) is 0. The van der Waals surface area contributed by atoms with Gasteiger partial charge in [0.2, 0.25) is 0 Å². The molecule has 0 bridgehead atoms. The molecule has 0 aromatic heterocycles. The summed E-state index contributed by atoms with van der Waals surface area (Å²) in [6, 6.07) is 0.534. The molecule has 0 aliphatic carbocycles. The van der Waals surface area contributed by atoms with E-state index < -0.39 is 0 Å². The second-order valence-electron chi connectivity index (χ2n) is 3.25. The molecule has 0 saturated heterocycles. The van der Waals surface area contributed by atoms with Gasteiger partial charge in [0.25, 0.3) is 0 Å². The van der Waals surface area contributed by atoms with Crippen molar-refractivity contribution < 1.29 is 9.47 Å². The van der Waals surface area contributed by atoms with Crippen LogP contribution in [0.25, 0.3) is 0 Å². The standard InChI is InChI=1S/C9H21NO2/c1-8(2)10-5-6-12-9(3)7-11-4/h8-10H,5-7H2,1-4H3. The molecule has 0 saturated carbocycles. The van der Waals surface area contributed by atoms with Gasteiger partial charge in [-0.05, 0) is 6.92 Å². The van der Waals surface area contributed by atoms with Crippen LogP contribution in [0.1, 0.15) is 20.8 Å². The largest absolute Gasteiger partial charge is 0.382 e. The van der Waals surface area contributed by atoms with E-state index in [2.05, 4.69) is 19.2 Å². The monoisotopic (exact) mass is 175 g/mol. The molecule has 0 amide bonds. The van der Waals surface area contributed by atoms with E-state index in [9.17, 15) is 0 Å². The molecule has 1 N–H and O–H groups in total. The molecule has 3 nitrogen and oxygen atoms in total. The van der Waals surface area contributed by atoms with E-state index in [0.717, 1.165) is 13.2 Å². The SMILES string of the molecule is COCC(C)OCCNC(C)C. The highest BCUT2D eigenvalue weighted by molar-refractivity contribution is 4.52. The van der Waals surface area contributed by atoms with Crippen molar-refractivity contribution >= 4 is 0 Å². The summed E-state index contributed by atoms with van der Waals surface area (Å²) < 4.78 is 10.4. The maximum atomic E-state index is 5.45. The Hall–Kier alpha value is -0.120. The summed E-state index contributed by atoms with van der Waals surface area (Å²) in [6.45, 7) is 8.59. The number of nitrogens with one attached hydrogen (secondary N) is 1. The zero-order valence-electron chi connectivity index (χ0n) is 8.59. The first-order chi connectivity index (χ1) is 5.66. The molecule has 1 atom stereocenters. The lowest BCUT2D eigenvalue weighted by Crippen LogP contribution is -2.28.